The van der Waals surface area contributed by atoms with E-state index in [1.807, 2.05) is 37.3 Å². The zero-order chi connectivity index (χ0) is 23.2. The highest BCUT2D eigenvalue weighted by molar-refractivity contribution is 5.95. The van der Waals surface area contributed by atoms with E-state index in [9.17, 15) is 9.18 Å². The van der Waals surface area contributed by atoms with E-state index >= 15 is 0 Å². The van der Waals surface area contributed by atoms with Gasteiger partial charge in [0.15, 0.2) is 0 Å². The first-order chi connectivity index (χ1) is 16.0. The molecule has 0 radical (unpaired) electrons. The Morgan fingerprint density at radius 3 is 2.76 bits per heavy atom. The summed E-state index contributed by atoms with van der Waals surface area (Å²) in [6, 6.07) is 14.3. The predicted molar refractivity (Wildman–Crippen MR) is 124 cm³/mol. The lowest BCUT2D eigenvalue weighted by molar-refractivity contribution is 0.0939. The lowest BCUT2D eigenvalue weighted by Crippen LogP contribution is -2.35. The molecule has 2 heterocycles. The number of aryl methyl sites for hydroxylation is 1. The Hall–Kier alpha value is -3.32. The molecule has 1 aromatic heterocycles. The minimum Gasteiger partial charge on any atom is -0.497 e. The molecule has 0 bridgehead atoms. The maximum atomic E-state index is 13.7. The van der Waals surface area contributed by atoms with Gasteiger partial charge < -0.3 is 10.1 Å². The van der Waals surface area contributed by atoms with Crippen molar-refractivity contribution >= 4 is 5.91 Å². The van der Waals surface area contributed by atoms with E-state index in [-0.39, 0.29) is 17.8 Å². The van der Waals surface area contributed by atoms with E-state index in [4.69, 9.17) is 9.72 Å². The number of aromatic nitrogens is 2. The summed E-state index contributed by atoms with van der Waals surface area (Å²) in [5.74, 6) is 0.970. The number of rotatable bonds is 7. The molecule has 1 fully saturated rings. The molecule has 0 spiro atoms. The fraction of sp³-hybridized carbons (Fsp3) is 0.346. The Morgan fingerprint density at radius 1 is 1.18 bits per heavy atom. The maximum absolute atomic E-state index is 13.7. The number of carbonyl (C=O) groups is 1. The van der Waals surface area contributed by atoms with Crippen molar-refractivity contribution in [3.05, 3.63) is 88.8 Å². The van der Waals surface area contributed by atoms with Gasteiger partial charge in [0.05, 0.1) is 24.4 Å². The molecule has 33 heavy (non-hydrogen) atoms. The van der Waals surface area contributed by atoms with Crippen LogP contribution < -0.4 is 10.1 Å². The lowest BCUT2D eigenvalue weighted by atomic mass is 9.95. The molecule has 0 saturated carbocycles. The van der Waals surface area contributed by atoms with Crippen molar-refractivity contribution < 1.29 is 13.9 Å². The fourth-order valence-electron chi connectivity index (χ4n) is 4.30. The standard InChI is InChI=1S/C26H29FN4O2/c1-18-28-16-23(26(32)29-15-19-9-11-22(33-2)12-10-19)25(30-18)24-8-3-4-13-31(24)17-20-6-5-7-21(27)14-20/h5-7,9-12,14,16,24H,3-4,8,13,15,17H2,1-2H3,(H,29,32). The summed E-state index contributed by atoms with van der Waals surface area (Å²) in [6.45, 7) is 3.71. The number of hydrogen-bond acceptors (Lipinski definition) is 5. The van der Waals surface area contributed by atoms with Gasteiger partial charge in [0.1, 0.15) is 17.4 Å². The highest BCUT2D eigenvalue weighted by Crippen LogP contribution is 2.33. The van der Waals surface area contributed by atoms with Gasteiger partial charge in [-0.15, -0.1) is 0 Å². The van der Waals surface area contributed by atoms with E-state index in [1.54, 1.807) is 25.4 Å². The third-order valence-electron chi connectivity index (χ3n) is 6.00. The molecule has 1 N–H and O–H groups in total. The zero-order valence-electron chi connectivity index (χ0n) is 19.1. The summed E-state index contributed by atoms with van der Waals surface area (Å²) in [7, 11) is 1.62. The number of halogens is 1. The van der Waals surface area contributed by atoms with Crippen LogP contribution in [0.3, 0.4) is 0 Å². The number of benzene rings is 2. The summed E-state index contributed by atoms with van der Waals surface area (Å²) in [5.41, 5.74) is 3.12. The molecule has 172 valence electrons. The van der Waals surface area contributed by atoms with Crippen LogP contribution in [0.1, 0.15) is 58.3 Å². The van der Waals surface area contributed by atoms with Gasteiger partial charge in [-0.3, -0.25) is 9.69 Å². The zero-order valence-corrected chi connectivity index (χ0v) is 19.1. The number of nitrogens with zero attached hydrogens (tertiary/aromatic N) is 3. The summed E-state index contributed by atoms with van der Waals surface area (Å²) in [4.78, 5) is 24.4. The maximum Gasteiger partial charge on any atom is 0.255 e. The molecule has 1 amide bonds. The van der Waals surface area contributed by atoms with Crippen molar-refractivity contribution in [2.45, 2.75) is 45.3 Å². The summed E-state index contributed by atoms with van der Waals surface area (Å²) in [5, 5.41) is 3.00. The second kappa shape index (κ2) is 10.5. The van der Waals surface area contributed by atoms with Crippen LogP contribution in [0.25, 0.3) is 0 Å². The molecule has 6 nitrogen and oxygen atoms in total. The number of methoxy groups -OCH3 is 1. The number of likely N-dealkylation sites (tertiary alicyclic amines) is 1. The molecule has 1 unspecified atom stereocenters. The van der Waals surface area contributed by atoms with Crippen molar-refractivity contribution in [3.8, 4) is 5.75 Å². The molecule has 3 aromatic rings. The molecule has 7 heteroatoms. The monoisotopic (exact) mass is 448 g/mol. The lowest BCUT2D eigenvalue weighted by Gasteiger charge is -2.36. The number of piperidine rings is 1. The van der Waals surface area contributed by atoms with E-state index in [1.165, 1.54) is 6.07 Å². The Kier molecular flexibility index (Phi) is 7.29. The van der Waals surface area contributed by atoms with Crippen molar-refractivity contribution in [1.82, 2.24) is 20.2 Å². The van der Waals surface area contributed by atoms with Gasteiger partial charge in [0.2, 0.25) is 0 Å². The fourth-order valence-corrected chi connectivity index (χ4v) is 4.30. The first-order valence-electron chi connectivity index (χ1n) is 11.3. The van der Waals surface area contributed by atoms with Crippen molar-refractivity contribution in [3.63, 3.8) is 0 Å². The van der Waals surface area contributed by atoms with Crippen LogP contribution in [0.2, 0.25) is 0 Å². The third-order valence-corrected chi connectivity index (χ3v) is 6.00. The van der Waals surface area contributed by atoms with Gasteiger partial charge in [-0.1, -0.05) is 30.7 Å². The van der Waals surface area contributed by atoms with Crippen LogP contribution in [0.15, 0.2) is 54.7 Å². The Labute approximate surface area is 193 Å². The van der Waals surface area contributed by atoms with E-state index < -0.39 is 0 Å². The minimum absolute atomic E-state index is 0.0227. The molecule has 4 rings (SSSR count). The van der Waals surface area contributed by atoms with Crippen LogP contribution in [-0.4, -0.2) is 34.4 Å². The van der Waals surface area contributed by atoms with Gasteiger partial charge in [-0.05, 0) is 61.7 Å². The van der Waals surface area contributed by atoms with Crippen LogP contribution in [0.5, 0.6) is 5.75 Å². The summed E-state index contributed by atoms with van der Waals surface area (Å²) in [6.07, 6.45) is 4.63. The Bertz CT molecular complexity index is 1100. The molecule has 0 aliphatic carbocycles. The number of amides is 1. The average molecular weight is 449 g/mol. The molecule has 1 atom stereocenters. The van der Waals surface area contributed by atoms with Crippen LogP contribution in [-0.2, 0) is 13.1 Å². The van der Waals surface area contributed by atoms with Gasteiger partial charge in [0.25, 0.3) is 5.91 Å². The Morgan fingerprint density at radius 2 is 2.00 bits per heavy atom. The van der Waals surface area contributed by atoms with Gasteiger partial charge in [-0.25, -0.2) is 14.4 Å². The summed E-state index contributed by atoms with van der Waals surface area (Å²) >= 11 is 0. The van der Waals surface area contributed by atoms with Gasteiger partial charge in [-0.2, -0.15) is 0 Å². The highest BCUT2D eigenvalue weighted by atomic mass is 19.1. The van der Waals surface area contributed by atoms with Crippen LogP contribution in [0.4, 0.5) is 4.39 Å². The molecule has 2 aromatic carbocycles. The van der Waals surface area contributed by atoms with Crippen molar-refractivity contribution in [2.24, 2.45) is 0 Å². The normalized spacial score (nSPS) is 16.4. The molecule has 1 aliphatic heterocycles. The van der Waals surface area contributed by atoms with E-state index in [0.717, 1.165) is 48.4 Å². The molecule has 1 saturated heterocycles. The second-order valence-electron chi connectivity index (χ2n) is 8.36. The van der Waals surface area contributed by atoms with Crippen LogP contribution in [0, 0.1) is 12.7 Å². The SMILES string of the molecule is COc1ccc(CNC(=O)c2cnc(C)nc2C2CCCCN2Cc2cccc(F)c2)cc1. The van der Waals surface area contributed by atoms with Crippen molar-refractivity contribution in [2.75, 3.05) is 13.7 Å². The quantitative estimate of drug-likeness (QED) is 0.573. The average Bonchev–Trinajstić information content (AvgIpc) is 2.83. The second-order valence-corrected chi connectivity index (χ2v) is 8.36. The predicted octanol–water partition coefficient (Wildman–Crippen LogP) is 4.59. The third kappa shape index (κ3) is 5.73. The minimum atomic E-state index is -0.238. The first kappa shape index (κ1) is 22.9. The first-order valence-corrected chi connectivity index (χ1v) is 11.3. The topological polar surface area (TPSA) is 67.3 Å². The number of carbonyl (C=O) groups excluding carboxylic acids is 1. The molecular weight excluding hydrogens is 419 g/mol. The van der Waals surface area contributed by atoms with E-state index in [0.29, 0.717) is 24.5 Å². The number of nitrogens with one attached hydrogen (secondary N) is 1. The van der Waals surface area contributed by atoms with Crippen LogP contribution >= 0.6 is 0 Å². The van der Waals surface area contributed by atoms with Gasteiger partial charge in [0, 0.05) is 19.3 Å². The number of ether oxygens (including phenoxy) is 1. The number of hydrogen-bond donors (Lipinski definition) is 1. The van der Waals surface area contributed by atoms with E-state index in [2.05, 4.69) is 15.2 Å². The van der Waals surface area contributed by atoms with Crippen molar-refractivity contribution in [1.29, 1.82) is 0 Å². The molecule has 1 aliphatic rings. The smallest absolute Gasteiger partial charge is 0.255 e. The largest absolute Gasteiger partial charge is 0.497 e. The summed E-state index contributed by atoms with van der Waals surface area (Å²) < 4.78 is 18.9. The molecular formula is C26H29FN4O2. The Balaban J connectivity index is 1.54. The van der Waals surface area contributed by atoms with Gasteiger partial charge >= 0.3 is 0 Å². The highest BCUT2D eigenvalue weighted by Gasteiger charge is 2.29.